The third kappa shape index (κ3) is 3.52. The number of aliphatic hydroxyl groups is 1. The van der Waals surface area contributed by atoms with Crippen molar-refractivity contribution in [2.75, 3.05) is 13.7 Å². The maximum atomic E-state index is 12.1. The van der Waals surface area contributed by atoms with Gasteiger partial charge in [0.25, 0.3) is 0 Å². The maximum Gasteiger partial charge on any atom is 0.337 e. The van der Waals surface area contributed by atoms with Gasteiger partial charge in [-0.05, 0) is 48.6 Å². The molecule has 1 aromatic heterocycles. The van der Waals surface area contributed by atoms with Gasteiger partial charge in [0.1, 0.15) is 11.5 Å². The molecule has 0 unspecified atom stereocenters. The van der Waals surface area contributed by atoms with Crippen molar-refractivity contribution in [1.82, 2.24) is 4.57 Å². The third-order valence-electron chi connectivity index (χ3n) is 6.10. The van der Waals surface area contributed by atoms with Crippen molar-refractivity contribution in [3.8, 4) is 22.8 Å². The highest BCUT2D eigenvalue weighted by Gasteiger charge is 2.28. The van der Waals surface area contributed by atoms with Crippen LogP contribution in [0.5, 0.6) is 11.5 Å². The van der Waals surface area contributed by atoms with Gasteiger partial charge in [0.15, 0.2) is 0 Å². The molecule has 0 spiro atoms. The van der Waals surface area contributed by atoms with E-state index in [1.165, 1.54) is 19.6 Å². The Labute approximate surface area is 175 Å². The number of carbonyl (C=O) groups is 1. The van der Waals surface area contributed by atoms with Gasteiger partial charge in [-0.15, -0.1) is 0 Å². The average Bonchev–Trinajstić information content (AvgIpc) is 3.07. The van der Waals surface area contributed by atoms with E-state index in [4.69, 9.17) is 4.74 Å². The van der Waals surface area contributed by atoms with Crippen molar-refractivity contribution in [3.63, 3.8) is 0 Å². The molecule has 158 valence electrons. The molecule has 6 nitrogen and oxygen atoms in total. The van der Waals surface area contributed by atoms with Crippen molar-refractivity contribution in [1.29, 1.82) is 0 Å². The summed E-state index contributed by atoms with van der Waals surface area (Å²) in [5.74, 6) is -0.106. The molecule has 0 saturated heterocycles. The molecule has 6 heteroatoms. The number of aromatic hydroxyl groups is 2. The average molecular weight is 409 g/mol. The molecule has 3 aromatic rings. The van der Waals surface area contributed by atoms with E-state index in [9.17, 15) is 20.1 Å². The van der Waals surface area contributed by atoms with Gasteiger partial charge in [-0.1, -0.05) is 25.3 Å². The predicted molar refractivity (Wildman–Crippen MR) is 115 cm³/mol. The van der Waals surface area contributed by atoms with Crippen LogP contribution in [-0.2, 0) is 11.3 Å². The van der Waals surface area contributed by atoms with Crippen LogP contribution in [-0.4, -0.2) is 39.6 Å². The quantitative estimate of drug-likeness (QED) is 0.538. The van der Waals surface area contributed by atoms with Crippen LogP contribution < -0.4 is 0 Å². The smallest absolute Gasteiger partial charge is 0.337 e. The monoisotopic (exact) mass is 409 g/mol. The Morgan fingerprint density at radius 3 is 2.53 bits per heavy atom. The molecule has 4 rings (SSSR count). The highest BCUT2D eigenvalue weighted by Crippen LogP contribution is 2.46. The summed E-state index contributed by atoms with van der Waals surface area (Å²) < 4.78 is 6.86. The van der Waals surface area contributed by atoms with E-state index in [-0.39, 0.29) is 18.1 Å². The van der Waals surface area contributed by atoms with Crippen LogP contribution in [0.4, 0.5) is 0 Å². The third-order valence-corrected chi connectivity index (χ3v) is 6.10. The summed E-state index contributed by atoms with van der Waals surface area (Å²) in [6.45, 7) is 0.242. The second kappa shape index (κ2) is 8.40. The van der Waals surface area contributed by atoms with E-state index in [1.54, 1.807) is 24.3 Å². The van der Waals surface area contributed by atoms with Crippen molar-refractivity contribution in [3.05, 3.63) is 47.5 Å². The molecule has 3 N–H and O–H groups in total. The Hall–Kier alpha value is -2.99. The molecule has 1 saturated carbocycles. The molecular formula is C24H27NO5. The molecule has 0 amide bonds. The first-order valence-corrected chi connectivity index (χ1v) is 10.4. The normalized spacial score (nSPS) is 14.9. The SMILES string of the molecule is COC(=O)c1ccc2c(C3CCCCC3)c(-c3ccc(O)cc3O)n(CCO)c2c1. The number of aromatic nitrogens is 1. The van der Waals surface area contributed by atoms with Gasteiger partial charge in [-0.3, -0.25) is 0 Å². The Balaban J connectivity index is 2.04. The molecule has 0 radical (unpaired) electrons. The summed E-state index contributed by atoms with van der Waals surface area (Å²) in [4.78, 5) is 12.1. The number of hydrogen-bond acceptors (Lipinski definition) is 5. The van der Waals surface area contributed by atoms with Crippen molar-refractivity contribution < 1.29 is 24.9 Å². The highest BCUT2D eigenvalue weighted by molar-refractivity contribution is 5.99. The van der Waals surface area contributed by atoms with Gasteiger partial charge in [0, 0.05) is 29.1 Å². The summed E-state index contributed by atoms with van der Waals surface area (Å²) >= 11 is 0. The van der Waals surface area contributed by atoms with E-state index < -0.39 is 5.97 Å². The number of ether oxygens (including phenoxy) is 1. The predicted octanol–water partition coefficient (Wildman–Crippen LogP) is 4.55. The fourth-order valence-corrected chi connectivity index (χ4v) is 4.77. The Morgan fingerprint density at radius 2 is 1.87 bits per heavy atom. The minimum Gasteiger partial charge on any atom is -0.508 e. The highest BCUT2D eigenvalue weighted by atomic mass is 16.5. The molecule has 1 heterocycles. The molecule has 0 aliphatic heterocycles. The number of fused-ring (bicyclic) bond motifs is 1. The molecule has 0 bridgehead atoms. The van der Waals surface area contributed by atoms with E-state index in [2.05, 4.69) is 0 Å². The van der Waals surface area contributed by atoms with Gasteiger partial charge in [-0.25, -0.2) is 4.79 Å². The zero-order valence-corrected chi connectivity index (χ0v) is 17.1. The van der Waals surface area contributed by atoms with Crippen LogP contribution in [0.2, 0.25) is 0 Å². The van der Waals surface area contributed by atoms with E-state index in [0.717, 1.165) is 47.8 Å². The molecular weight excluding hydrogens is 382 g/mol. The molecule has 1 aliphatic carbocycles. The van der Waals surface area contributed by atoms with Gasteiger partial charge in [0.2, 0.25) is 0 Å². The largest absolute Gasteiger partial charge is 0.508 e. The van der Waals surface area contributed by atoms with Crippen molar-refractivity contribution >= 4 is 16.9 Å². The number of rotatable bonds is 5. The number of hydrogen-bond donors (Lipinski definition) is 3. The lowest BCUT2D eigenvalue weighted by Crippen LogP contribution is -2.08. The topological polar surface area (TPSA) is 91.9 Å². The zero-order chi connectivity index (χ0) is 21.3. The molecule has 1 aliphatic rings. The lowest BCUT2D eigenvalue weighted by molar-refractivity contribution is 0.0601. The minimum atomic E-state index is -0.415. The second-order valence-electron chi connectivity index (χ2n) is 7.90. The summed E-state index contributed by atoms with van der Waals surface area (Å²) in [5.41, 5.74) is 3.85. The fourth-order valence-electron chi connectivity index (χ4n) is 4.77. The van der Waals surface area contributed by atoms with Gasteiger partial charge >= 0.3 is 5.97 Å². The molecule has 1 fully saturated rings. The lowest BCUT2D eigenvalue weighted by atomic mass is 9.81. The fraction of sp³-hybridized carbons (Fsp3) is 0.375. The Morgan fingerprint density at radius 1 is 1.10 bits per heavy atom. The zero-order valence-electron chi connectivity index (χ0n) is 17.1. The van der Waals surface area contributed by atoms with Crippen LogP contribution in [0.3, 0.4) is 0 Å². The number of nitrogens with zero attached hydrogens (tertiary/aromatic N) is 1. The van der Waals surface area contributed by atoms with Crippen molar-refractivity contribution in [2.24, 2.45) is 0 Å². The van der Waals surface area contributed by atoms with Crippen LogP contribution in [0.15, 0.2) is 36.4 Å². The minimum absolute atomic E-state index is 0.00624. The maximum absolute atomic E-state index is 12.1. The Bertz CT molecular complexity index is 1080. The van der Waals surface area contributed by atoms with Crippen LogP contribution in [0, 0.1) is 0 Å². The molecule has 0 atom stereocenters. The standard InChI is InChI=1S/C24H27NO5/c1-30-24(29)16-7-9-18-20(13-16)25(11-12-26)23(19-10-8-17(27)14-21(19)28)22(18)15-5-3-2-4-6-15/h7-10,13-15,26-28H,2-6,11-12H2,1H3. The first-order valence-electron chi connectivity index (χ1n) is 10.4. The number of methoxy groups -OCH3 is 1. The van der Waals surface area contributed by atoms with E-state index in [0.29, 0.717) is 23.6 Å². The van der Waals surface area contributed by atoms with Gasteiger partial charge < -0.3 is 24.6 Å². The molecule has 30 heavy (non-hydrogen) atoms. The number of benzene rings is 2. The summed E-state index contributed by atoms with van der Waals surface area (Å²) in [6.07, 6.45) is 5.64. The summed E-state index contributed by atoms with van der Waals surface area (Å²) in [5, 5.41) is 31.2. The first kappa shape index (κ1) is 20.3. The summed E-state index contributed by atoms with van der Waals surface area (Å²) in [7, 11) is 1.35. The summed E-state index contributed by atoms with van der Waals surface area (Å²) in [6, 6.07) is 10.1. The second-order valence-corrected chi connectivity index (χ2v) is 7.90. The number of phenols is 2. The van der Waals surface area contributed by atoms with Gasteiger partial charge in [-0.2, -0.15) is 0 Å². The van der Waals surface area contributed by atoms with Crippen molar-refractivity contribution in [2.45, 2.75) is 44.6 Å². The van der Waals surface area contributed by atoms with E-state index >= 15 is 0 Å². The van der Waals surface area contributed by atoms with Crippen LogP contribution in [0.1, 0.15) is 53.9 Å². The number of aliphatic hydroxyl groups excluding tert-OH is 1. The number of esters is 1. The van der Waals surface area contributed by atoms with Crippen LogP contribution in [0.25, 0.3) is 22.2 Å². The number of carbonyl (C=O) groups excluding carboxylic acids is 1. The Kier molecular flexibility index (Phi) is 5.68. The molecule has 2 aromatic carbocycles. The van der Waals surface area contributed by atoms with E-state index in [1.807, 2.05) is 10.6 Å². The van der Waals surface area contributed by atoms with Gasteiger partial charge in [0.05, 0.1) is 25.0 Å². The lowest BCUT2D eigenvalue weighted by Gasteiger charge is -2.24. The number of phenolic OH excluding ortho intramolecular Hbond substituents is 2. The first-order chi connectivity index (χ1) is 14.5. The van der Waals surface area contributed by atoms with Crippen LogP contribution >= 0.6 is 0 Å².